The minimum atomic E-state index is -3.61. The maximum Gasteiger partial charge on any atom is 0.243 e. The van der Waals surface area contributed by atoms with Crippen molar-refractivity contribution in [2.24, 2.45) is 0 Å². The lowest BCUT2D eigenvalue weighted by Crippen LogP contribution is -2.48. The van der Waals surface area contributed by atoms with Gasteiger partial charge in [0.15, 0.2) is 0 Å². The topological polar surface area (TPSA) is 66.5 Å². The molecule has 1 aromatic carbocycles. The van der Waals surface area contributed by atoms with Gasteiger partial charge in [0.1, 0.15) is 6.04 Å². The van der Waals surface area contributed by atoms with E-state index in [4.69, 9.17) is 0 Å². The average molecular weight is 365 g/mol. The van der Waals surface area contributed by atoms with Crippen LogP contribution in [0.3, 0.4) is 0 Å². The minimum Gasteiger partial charge on any atom is -0.352 e. The first-order valence-corrected chi connectivity index (χ1v) is 10.9. The van der Waals surface area contributed by atoms with Crippen LogP contribution in [0.2, 0.25) is 0 Å². The molecule has 6 heteroatoms. The lowest BCUT2D eigenvalue weighted by Gasteiger charge is -2.27. The van der Waals surface area contributed by atoms with Gasteiger partial charge in [-0.25, -0.2) is 8.42 Å². The van der Waals surface area contributed by atoms with E-state index in [0.717, 1.165) is 32.1 Å². The summed E-state index contributed by atoms with van der Waals surface area (Å²) in [6.45, 7) is 0.417. The van der Waals surface area contributed by atoms with E-state index in [1.54, 1.807) is 30.3 Å². The quantitative estimate of drug-likeness (QED) is 0.893. The first kappa shape index (κ1) is 18.4. The second-order valence-corrected chi connectivity index (χ2v) is 9.03. The van der Waals surface area contributed by atoms with Gasteiger partial charge in [0.05, 0.1) is 4.90 Å². The van der Waals surface area contributed by atoms with Crippen LogP contribution in [-0.4, -0.2) is 37.3 Å². The molecule has 2 fully saturated rings. The van der Waals surface area contributed by atoms with Crippen molar-refractivity contribution in [3.63, 3.8) is 0 Å². The van der Waals surface area contributed by atoms with Crippen molar-refractivity contribution in [1.29, 1.82) is 0 Å². The Morgan fingerprint density at radius 3 is 2.24 bits per heavy atom. The Morgan fingerprint density at radius 1 is 0.920 bits per heavy atom. The highest BCUT2D eigenvalue weighted by Crippen LogP contribution is 2.26. The molecule has 3 rings (SSSR count). The molecule has 1 aliphatic carbocycles. The zero-order valence-electron chi connectivity index (χ0n) is 14.7. The number of carbonyl (C=O) groups is 1. The molecule has 1 saturated carbocycles. The van der Waals surface area contributed by atoms with Crippen molar-refractivity contribution in [3.8, 4) is 0 Å². The molecule has 0 aromatic heterocycles. The monoisotopic (exact) mass is 364 g/mol. The van der Waals surface area contributed by atoms with Crippen LogP contribution in [0, 0.1) is 0 Å². The van der Waals surface area contributed by atoms with Crippen molar-refractivity contribution in [2.45, 2.75) is 74.8 Å². The van der Waals surface area contributed by atoms with Crippen LogP contribution < -0.4 is 5.32 Å². The average Bonchev–Trinajstić information content (AvgIpc) is 3.08. The third kappa shape index (κ3) is 4.42. The number of carbonyl (C=O) groups excluding carboxylic acids is 1. The Bertz CT molecular complexity index is 667. The normalized spacial score (nSPS) is 23.8. The Hall–Kier alpha value is -1.40. The largest absolute Gasteiger partial charge is 0.352 e. The van der Waals surface area contributed by atoms with Crippen molar-refractivity contribution in [3.05, 3.63) is 30.3 Å². The molecule has 1 amide bonds. The van der Waals surface area contributed by atoms with Crippen LogP contribution in [0.25, 0.3) is 0 Å². The highest BCUT2D eigenvalue weighted by molar-refractivity contribution is 7.89. The smallest absolute Gasteiger partial charge is 0.243 e. The van der Waals surface area contributed by atoms with Crippen LogP contribution in [-0.2, 0) is 14.8 Å². The number of benzene rings is 1. The fourth-order valence-corrected chi connectivity index (χ4v) is 5.59. The van der Waals surface area contributed by atoms with Gasteiger partial charge in [0.2, 0.25) is 15.9 Å². The Labute approximate surface area is 150 Å². The first-order chi connectivity index (χ1) is 12.1. The summed E-state index contributed by atoms with van der Waals surface area (Å²) in [5, 5.41) is 3.14. The van der Waals surface area contributed by atoms with Crippen LogP contribution in [0.15, 0.2) is 35.2 Å². The van der Waals surface area contributed by atoms with Gasteiger partial charge in [0, 0.05) is 12.6 Å². The number of hydrogen-bond acceptors (Lipinski definition) is 3. The van der Waals surface area contributed by atoms with Gasteiger partial charge in [0.25, 0.3) is 0 Å². The summed E-state index contributed by atoms with van der Waals surface area (Å²) in [6.07, 6.45) is 9.36. The Kier molecular flexibility index (Phi) is 6.12. The molecule has 25 heavy (non-hydrogen) atoms. The van der Waals surface area contributed by atoms with E-state index < -0.39 is 16.1 Å². The van der Waals surface area contributed by atoms with Gasteiger partial charge < -0.3 is 5.32 Å². The number of amides is 1. The van der Waals surface area contributed by atoms with E-state index in [1.165, 1.54) is 23.6 Å². The second-order valence-electron chi connectivity index (χ2n) is 7.14. The van der Waals surface area contributed by atoms with Crippen molar-refractivity contribution in [2.75, 3.05) is 6.54 Å². The van der Waals surface area contributed by atoms with Crippen molar-refractivity contribution >= 4 is 15.9 Å². The zero-order chi connectivity index (χ0) is 17.7. The number of nitrogens with one attached hydrogen (secondary N) is 1. The Morgan fingerprint density at radius 2 is 1.56 bits per heavy atom. The summed E-state index contributed by atoms with van der Waals surface area (Å²) in [7, 11) is -3.61. The van der Waals surface area contributed by atoms with Crippen molar-refractivity contribution in [1.82, 2.24) is 9.62 Å². The molecular weight excluding hydrogens is 336 g/mol. The van der Waals surface area contributed by atoms with E-state index in [9.17, 15) is 13.2 Å². The van der Waals surface area contributed by atoms with Gasteiger partial charge in [-0.1, -0.05) is 50.3 Å². The SMILES string of the molecule is O=C(NC1CCCCCCC1)[C@H]1CCCN1S(=O)(=O)c1ccccc1. The molecule has 1 aromatic rings. The van der Waals surface area contributed by atoms with Crippen LogP contribution in [0.4, 0.5) is 0 Å². The predicted molar refractivity (Wildman–Crippen MR) is 97.6 cm³/mol. The van der Waals surface area contributed by atoms with Gasteiger partial charge in [-0.3, -0.25) is 4.79 Å². The molecule has 1 N–H and O–H groups in total. The van der Waals surface area contributed by atoms with E-state index in [2.05, 4.69) is 5.32 Å². The molecule has 1 saturated heterocycles. The summed E-state index contributed by atoms with van der Waals surface area (Å²) in [5.41, 5.74) is 0. The summed E-state index contributed by atoms with van der Waals surface area (Å²) < 4.78 is 27.2. The summed E-state index contributed by atoms with van der Waals surface area (Å²) in [6, 6.07) is 8.03. The van der Waals surface area contributed by atoms with Gasteiger partial charge in [-0.2, -0.15) is 4.31 Å². The second kappa shape index (κ2) is 8.32. The summed E-state index contributed by atoms with van der Waals surface area (Å²) in [4.78, 5) is 13.0. The maximum absolute atomic E-state index is 12.9. The third-order valence-electron chi connectivity index (χ3n) is 5.31. The van der Waals surface area contributed by atoms with E-state index >= 15 is 0 Å². The highest BCUT2D eigenvalue weighted by Gasteiger charge is 2.39. The number of hydrogen-bond donors (Lipinski definition) is 1. The molecule has 1 heterocycles. The molecule has 2 aliphatic rings. The highest BCUT2D eigenvalue weighted by atomic mass is 32.2. The van der Waals surface area contributed by atoms with Crippen molar-refractivity contribution < 1.29 is 13.2 Å². The maximum atomic E-state index is 12.9. The minimum absolute atomic E-state index is 0.123. The van der Waals surface area contributed by atoms with Crippen LogP contribution in [0.1, 0.15) is 57.8 Å². The first-order valence-electron chi connectivity index (χ1n) is 9.46. The number of nitrogens with zero attached hydrogens (tertiary/aromatic N) is 1. The molecule has 0 bridgehead atoms. The summed E-state index contributed by atoms with van der Waals surface area (Å²) >= 11 is 0. The van der Waals surface area contributed by atoms with E-state index in [1.807, 2.05) is 0 Å². The molecular formula is C19H28N2O3S. The number of rotatable bonds is 4. The van der Waals surface area contributed by atoms with Gasteiger partial charge >= 0.3 is 0 Å². The predicted octanol–water partition coefficient (Wildman–Crippen LogP) is 3.07. The standard InChI is InChI=1S/C19H28N2O3S/c22-19(20-16-10-5-2-1-3-6-11-16)18-14-9-15-21(18)25(23,24)17-12-7-4-8-13-17/h4,7-8,12-13,16,18H,1-3,5-6,9-11,14-15H2,(H,20,22)/t18-/m1/s1. The van der Waals surface area contributed by atoms with Gasteiger partial charge in [-0.05, 0) is 37.8 Å². The molecule has 0 spiro atoms. The van der Waals surface area contributed by atoms with Gasteiger partial charge in [-0.15, -0.1) is 0 Å². The molecule has 0 unspecified atom stereocenters. The number of sulfonamides is 1. The lowest BCUT2D eigenvalue weighted by molar-refractivity contribution is -0.125. The Balaban J connectivity index is 1.69. The van der Waals surface area contributed by atoms with E-state index in [-0.39, 0.29) is 16.8 Å². The lowest BCUT2D eigenvalue weighted by atomic mass is 9.96. The van der Waals surface area contributed by atoms with E-state index in [0.29, 0.717) is 13.0 Å². The summed E-state index contributed by atoms with van der Waals surface area (Å²) in [5.74, 6) is -0.123. The molecule has 138 valence electrons. The fourth-order valence-electron chi connectivity index (χ4n) is 3.92. The molecule has 1 aliphatic heterocycles. The molecule has 0 radical (unpaired) electrons. The zero-order valence-corrected chi connectivity index (χ0v) is 15.5. The molecule has 1 atom stereocenters. The van der Waals surface area contributed by atoms with Crippen LogP contribution >= 0.6 is 0 Å². The van der Waals surface area contributed by atoms with Crippen LogP contribution in [0.5, 0.6) is 0 Å². The molecule has 5 nitrogen and oxygen atoms in total. The fraction of sp³-hybridized carbons (Fsp3) is 0.632. The third-order valence-corrected chi connectivity index (χ3v) is 7.23.